The van der Waals surface area contributed by atoms with Gasteiger partial charge in [0.05, 0.1) is 10.7 Å². The molecule has 31 heavy (non-hydrogen) atoms. The molecule has 4 rings (SSSR count). The van der Waals surface area contributed by atoms with Crippen LogP contribution in [0.1, 0.15) is 0 Å². The van der Waals surface area contributed by atoms with Crippen LogP contribution < -0.4 is 9.64 Å². The number of hydrogen-bond donors (Lipinski definition) is 0. The predicted molar refractivity (Wildman–Crippen MR) is 118 cm³/mol. The molecule has 0 saturated carbocycles. The monoisotopic (exact) mass is 460 g/mol. The van der Waals surface area contributed by atoms with Crippen LogP contribution in [0.3, 0.4) is 0 Å². The zero-order chi connectivity index (χ0) is 21.8. The van der Waals surface area contributed by atoms with Gasteiger partial charge in [-0.15, -0.1) is 10.2 Å². The van der Waals surface area contributed by atoms with E-state index in [0.717, 1.165) is 11.4 Å². The molecule has 1 saturated heterocycles. The standard InChI is InChI=1S/C22H19Cl2FN4O2/c23-15-4-5-18(19(24)12-15)20-6-7-21(27-26-20)28-8-10-29(11-9-28)22(30)14-31-17-3-1-2-16(25)13-17/h1-7,12-13H,8-11,14H2. The first-order valence-corrected chi connectivity index (χ1v) is 10.5. The van der Waals surface area contributed by atoms with Gasteiger partial charge in [0.15, 0.2) is 12.4 Å². The molecule has 0 radical (unpaired) electrons. The third-order valence-electron chi connectivity index (χ3n) is 4.97. The molecule has 1 aromatic heterocycles. The zero-order valence-electron chi connectivity index (χ0n) is 16.5. The third kappa shape index (κ3) is 5.24. The molecule has 1 fully saturated rings. The molecule has 2 heterocycles. The summed E-state index contributed by atoms with van der Waals surface area (Å²) in [5.41, 5.74) is 1.42. The number of ether oxygens (including phenoxy) is 1. The smallest absolute Gasteiger partial charge is 0.260 e. The lowest BCUT2D eigenvalue weighted by molar-refractivity contribution is -0.133. The Morgan fingerprint density at radius 2 is 1.81 bits per heavy atom. The SMILES string of the molecule is O=C(COc1cccc(F)c1)N1CCN(c2ccc(-c3ccc(Cl)cc3Cl)nn2)CC1. The molecule has 0 unspecified atom stereocenters. The summed E-state index contributed by atoms with van der Waals surface area (Å²) in [7, 11) is 0. The maximum Gasteiger partial charge on any atom is 0.260 e. The van der Waals surface area contributed by atoms with Crippen molar-refractivity contribution in [1.29, 1.82) is 0 Å². The lowest BCUT2D eigenvalue weighted by Crippen LogP contribution is -2.50. The first-order valence-electron chi connectivity index (χ1n) is 9.70. The van der Waals surface area contributed by atoms with Gasteiger partial charge in [-0.2, -0.15) is 0 Å². The van der Waals surface area contributed by atoms with Gasteiger partial charge in [-0.1, -0.05) is 29.3 Å². The Hall–Kier alpha value is -2.90. The first-order chi connectivity index (χ1) is 15.0. The summed E-state index contributed by atoms with van der Waals surface area (Å²) in [5, 5.41) is 9.68. The molecular formula is C22H19Cl2FN4O2. The Morgan fingerprint density at radius 1 is 1.00 bits per heavy atom. The number of anilines is 1. The topological polar surface area (TPSA) is 58.6 Å². The molecule has 1 aliphatic rings. The minimum atomic E-state index is -0.399. The van der Waals surface area contributed by atoms with E-state index in [1.807, 2.05) is 18.2 Å². The van der Waals surface area contributed by atoms with Crippen molar-refractivity contribution in [3.05, 3.63) is 70.5 Å². The van der Waals surface area contributed by atoms with Crippen molar-refractivity contribution >= 4 is 34.9 Å². The number of piperazine rings is 1. The molecule has 2 aromatic carbocycles. The summed E-state index contributed by atoms with van der Waals surface area (Å²) in [6.07, 6.45) is 0. The normalized spacial score (nSPS) is 13.9. The van der Waals surface area contributed by atoms with Crippen LogP contribution in [0.15, 0.2) is 54.6 Å². The molecule has 6 nitrogen and oxygen atoms in total. The van der Waals surface area contributed by atoms with E-state index in [1.165, 1.54) is 12.1 Å². The average Bonchev–Trinajstić information content (AvgIpc) is 2.78. The Balaban J connectivity index is 1.31. The molecule has 1 aliphatic heterocycles. The van der Waals surface area contributed by atoms with Gasteiger partial charge in [0.2, 0.25) is 0 Å². The molecule has 0 bridgehead atoms. The number of nitrogens with zero attached hydrogens (tertiary/aromatic N) is 4. The fourth-order valence-electron chi connectivity index (χ4n) is 3.31. The highest BCUT2D eigenvalue weighted by Crippen LogP contribution is 2.29. The van der Waals surface area contributed by atoms with Gasteiger partial charge in [0.1, 0.15) is 11.6 Å². The van der Waals surface area contributed by atoms with E-state index in [1.54, 1.807) is 29.2 Å². The van der Waals surface area contributed by atoms with Crippen LogP contribution >= 0.6 is 23.2 Å². The number of hydrogen-bond acceptors (Lipinski definition) is 5. The summed E-state index contributed by atoms with van der Waals surface area (Å²) in [6.45, 7) is 2.21. The number of carbonyl (C=O) groups excluding carboxylic acids is 1. The maximum atomic E-state index is 13.2. The quantitative estimate of drug-likeness (QED) is 0.567. The molecule has 1 amide bonds. The molecule has 160 valence electrons. The van der Waals surface area contributed by atoms with Crippen molar-refractivity contribution in [1.82, 2.24) is 15.1 Å². The van der Waals surface area contributed by atoms with Crippen LogP contribution in [-0.4, -0.2) is 53.8 Å². The van der Waals surface area contributed by atoms with Crippen molar-refractivity contribution in [3.63, 3.8) is 0 Å². The number of aromatic nitrogens is 2. The van der Waals surface area contributed by atoms with Crippen molar-refractivity contribution < 1.29 is 13.9 Å². The van der Waals surface area contributed by atoms with Gasteiger partial charge in [-0.05, 0) is 42.5 Å². The summed E-state index contributed by atoms with van der Waals surface area (Å²) in [5.74, 6) is 0.534. The molecule has 0 spiro atoms. The Morgan fingerprint density at radius 3 is 2.48 bits per heavy atom. The number of carbonyl (C=O) groups is 1. The van der Waals surface area contributed by atoms with E-state index in [4.69, 9.17) is 27.9 Å². The molecule has 0 N–H and O–H groups in total. The highest BCUT2D eigenvalue weighted by Gasteiger charge is 2.22. The average molecular weight is 461 g/mol. The predicted octanol–water partition coefficient (Wildman–Crippen LogP) is 4.32. The lowest BCUT2D eigenvalue weighted by Gasteiger charge is -2.35. The van der Waals surface area contributed by atoms with E-state index >= 15 is 0 Å². The number of rotatable bonds is 5. The first kappa shape index (κ1) is 21.3. The number of halogens is 3. The van der Waals surface area contributed by atoms with Gasteiger partial charge in [0, 0.05) is 42.8 Å². The van der Waals surface area contributed by atoms with E-state index in [9.17, 15) is 9.18 Å². The summed E-state index contributed by atoms with van der Waals surface area (Å²) < 4.78 is 18.6. The Labute approximate surface area is 189 Å². The maximum absolute atomic E-state index is 13.2. The van der Waals surface area contributed by atoms with Crippen LogP contribution in [0.5, 0.6) is 5.75 Å². The van der Waals surface area contributed by atoms with Crippen LogP contribution in [0, 0.1) is 5.82 Å². The van der Waals surface area contributed by atoms with Crippen molar-refractivity contribution in [2.75, 3.05) is 37.7 Å². The fraction of sp³-hybridized carbons (Fsp3) is 0.227. The molecule has 0 aliphatic carbocycles. The zero-order valence-corrected chi connectivity index (χ0v) is 18.0. The van der Waals surface area contributed by atoms with E-state index in [-0.39, 0.29) is 12.5 Å². The Bertz CT molecular complexity index is 1070. The van der Waals surface area contributed by atoms with Crippen LogP contribution in [0.2, 0.25) is 10.0 Å². The van der Waals surface area contributed by atoms with E-state index in [0.29, 0.717) is 47.7 Å². The van der Waals surface area contributed by atoms with E-state index < -0.39 is 5.82 Å². The largest absolute Gasteiger partial charge is 0.484 e. The van der Waals surface area contributed by atoms with Gasteiger partial charge in [-0.25, -0.2) is 4.39 Å². The highest BCUT2D eigenvalue weighted by molar-refractivity contribution is 6.36. The van der Waals surface area contributed by atoms with Gasteiger partial charge in [-0.3, -0.25) is 4.79 Å². The van der Waals surface area contributed by atoms with Crippen molar-refractivity contribution in [2.45, 2.75) is 0 Å². The molecule has 3 aromatic rings. The van der Waals surface area contributed by atoms with E-state index in [2.05, 4.69) is 15.1 Å². The van der Waals surface area contributed by atoms with Crippen LogP contribution in [-0.2, 0) is 4.79 Å². The van der Waals surface area contributed by atoms with Crippen LogP contribution in [0.25, 0.3) is 11.3 Å². The number of amides is 1. The highest BCUT2D eigenvalue weighted by atomic mass is 35.5. The van der Waals surface area contributed by atoms with Gasteiger partial charge in [0.25, 0.3) is 5.91 Å². The van der Waals surface area contributed by atoms with Crippen molar-refractivity contribution in [2.24, 2.45) is 0 Å². The minimum absolute atomic E-state index is 0.125. The Kier molecular flexibility index (Phi) is 6.53. The second kappa shape index (κ2) is 9.49. The summed E-state index contributed by atoms with van der Waals surface area (Å²) in [6, 6.07) is 14.7. The summed E-state index contributed by atoms with van der Waals surface area (Å²) >= 11 is 12.2. The molecular weight excluding hydrogens is 442 g/mol. The lowest BCUT2D eigenvalue weighted by atomic mass is 10.1. The number of benzene rings is 2. The van der Waals surface area contributed by atoms with Crippen LogP contribution in [0.4, 0.5) is 10.2 Å². The molecule has 0 atom stereocenters. The van der Waals surface area contributed by atoms with Gasteiger partial charge < -0.3 is 14.5 Å². The molecule has 9 heteroatoms. The third-order valence-corrected chi connectivity index (χ3v) is 5.52. The second-order valence-electron chi connectivity index (χ2n) is 7.01. The summed E-state index contributed by atoms with van der Waals surface area (Å²) in [4.78, 5) is 16.2. The van der Waals surface area contributed by atoms with Crippen molar-refractivity contribution in [3.8, 4) is 17.0 Å². The van der Waals surface area contributed by atoms with Gasteiger partial charge >= 0.3 is 0 Å². The minimum Gasteiger partial charge on any atom is -0.484 e. The fourth-order valence-corrected chi connectivity index (χ4v) is 3.82. The second-order valence-corrected chi connectivity index (χ2v) is 7.86.